The van der Waals surface area contributed by atoms with Gasteiger partial charge in [0, 0.05) is 13.2 Å². The fraction of sp³-hybridized carbons (Fsp3) is 1.00. The van der Waals surface area contributed by atoms with Gasteiger partial charge in [-0.05, 0) is 13.3 Å². The van der Waals surface area contributed by atoms with Crippen molar-refractivity contribution < 1.29 is 4.74 Å². The van der Waals surface area contributed by atoms with Gasteiger partial charge in [0.1, 0.15) is 0 Å². The average molecular weight is 147 g/mol. The molecule has 0 saturated carbocycles. The molecule has 1 unspecified atom stereocenters. The highest BCUT2D eigenvalue weighted by Gasteiger charge is 2.12. The first kappa shape index (κ1) is 7.38. The number of hydrogen-bond acceptors (Lipinski definition) is 3. The van der Waals surface area contributed by atoms with Crippen LogP contribution in [0.5, 0.6) is 0 Å². The monoisotopic (exact) mass is 147 g/mol. The normalized spacial score (nSPS) is 26.0. The molecule has 1 fully saturated rings. The third kappa shape index (κ3) is 2.16. The molecule has 54 valence electrons. The lowest BCUT2D eigenvalue weighted by molar-refractivity contribution is -0.0161. The lowest BCUT2D eigenvalue weighted by atomic mass is 10.4. The van der Waals surface area contributed by atoms with E-state index in [1.54, 1.807) is 0 Å². The maximum absolute atomic E-state index is 5.22. The molecule has 0 aromatic carbocycles. The van der Waals surface area contributed by atoms with Crippen LogP contribution in [0.4, 0.5) is 0 Å². The predicted octanol–water partition coefficient (Wildman–Crippen LogP) is 0.942. The van der Waals surface area contributed by atoms with E-state index < -0.39 is 0 Å². The van der Waals surface area contributed by atoms with Crippen molar-refractivity contribution in [3.8, 4) is 0 Å². The van der Waals surface area contributed by atoms with Crippen molar-refractivity contribution in [3.63, 3.8) is 0 Å². The second-order valence-electron chi connectivity index (χ2n) is 2.34. The van der Waals surface area contributed by atoms with E-state index >= 15 is 0 Å². The minimum absolute atomic E-state index is 0.338. The fourth-order valence-corrected chi connectivity index (χ4v) is 1.09. The molecule has 3 heteroatoms. The number of thiol groups is 1. The summed E-state index contributed by atoms with van der Waals surface area (Å²) in [7, 11) is 0. The Bertz CT molecular complexity index is 81.1. The van der Waals surface area contributed by atoms with E-state index in [-0.39, 0.29) is 0 Å². The van der Waals surface area contributed by atoms with Gasteiger partial charge in [0.25, 0.3) is 0 Å². The predicted molar refractivity (Wildman–Crippen MR) is 40.6 cm³/mol. The standard InChI is InChI=1S/C6H13NOS/c1-6(9)7-3-2-4-8-5-7/h6,9H,2-5H2,1H3. The first-order valence-electron chi connectivity index (χ1n) is 3.30. The zero-order valence-corrected chi connectivity index (χ0v) is 6.60. The lowest BCUT2D eigenvalue weighted by Crippen LogP contribution is -2.36. The maximum Gasteiger partial charge on any atom is 0.0998 e. The maximum atomic E-state index is 5.22. The zero-order valence-electron chi connectivity index (χ0n) is 5.71. The van der Waals surface area contributed by atoms with Crippen LogP contribution in [0.25, 0.3) is 0 Å². The van der Waals surface area contributed by atoms with Crippen molar-refractivity contribution >= 4 is 12.6 Å². The molecular weight excluding hydrogens is 134 g/mol. The van der Waals surface area contributed by atoms with Gasteiger partial charge in [-0.2, -0.15) is 12.6 Å². The van der Waals surface area contributed by atoms with Crippen LogP contribution in [0.3, 0.4) is 0 Å². The van der Waals surface area contributed by atoms with E-state index in [0.29, 0.717) is 5.37 Å². The molecule has 0 aromatic rings. The summed E-state index contributed by atoms with van der Waals surface area (Å²) in [5, 5.41) is 0.338. The summed E-state index contributed by atoms with van der Waals surface area (Å²) in [4.78, 5) is 2.20. The molecule has 0 spiro atoms. The van der Waals surface area contributed by atoms with Gasteiger partial charge in [0.05, 0.1) is 12.1 Å². The Morgan fingerprint density at radius 1 is 1.67 bits per heavy atom. The quantitative estimate of drug-likeness (QED) is 0.554. The van der Waals surface area contributed by atoms with Gasteiger partial charge in [0.15, 0.2) is 0 Å². The number of rotatable bonds is 1. The second-order valence-corrected chi connectivity index (χ2v) is 3.08. The SMILES string of the molecule is CC(S)N1CCCOC1. The van der Waals surface area contributed by atoms with Crippen molar-refractivity contribution in [2.45, 2.75) is 18.7 Å². The Kier molecular flexibility index (Phi) is 2.82. The molecule has 1 atom stereocenters. The molecule has 0 amide bonds. The Morgan fingerprint density at radius 2 is 2.44 bits per heavy atom. The van der Waals surface area contributed by atoms with Crippen LogP contribution >= 0.6 is 12.6 Å². The summed E-state index contributed by atoms with van der Waals surface area (Å²) in [6.45, 7) is 4.87. The van der Waals surface area contributed by atoms with Crippen LogP contribution in [0.2, 0.25) is 0 Å². The minimum Gasteiger partial charge on any atom is -0.366 e. The van der Waals surface area contributed by atoms with E-state index in [0.717, 1.165) is 26.3 Å². The summed E-state index contributed by atoms with van der Waals surface area (Å²) in [6.07, 6.45) is 1.14. The third-order valence-corrected chi connectivity index (χ3v) is 1.85. The van der Waals surface area contributed by atoms with Gasteiger partial charge in [-0.25, -0.2) is 0 Å². The van der Waals surface area contributed by atoms with E-state index in [4.69, 9.17) is 4.74 Å². The molecule has 0 aliphatic carbocycles. The van der Waals surface area contributed by atoms with Crippen molar-refractivity contribution in [1.82, 2.24) is 4.90 Å². The Balaban J connectivity index is 2.23. The second kappa shape index (κ2) is 3.44. The van der Waals surface area contributed by atoms with Crippen LogP contribution in [0, 0.1) is 0 Å². The molecule has 1 saturated heterocycles. The number of hydrogen-bond donors (Lipinski definition) is 1. The molecular formula is C6H13NOS. The van der Waals surface area contributed by atoms with Gasteiger partial charge in [0.2, 0.25) is 0 Å². The van der Waals surface area contributed by atoms with Crippen LogP contribution in [0.15, 0.2) is 0 Å². The van der Waals surface area contributed by atoms with Crippen LogP contribution < -0.4 is 0 Å². The van der Waals surface area contributed by atoms with Crippen LogP contribution in [-0.4, -0.2) is 30.2 Å². The minimum atomic E-state index is 0.338. The Hall–Kier alpha value is 0.270. The highest BCUT2D eigenvalue weighted by Crippen LogP contribution is 2.07. The molecule has 0 radical (unpaired) electrons. The fourth-order valence-electron chi connectivity index (χ4n) is 0.911. The Labute approximate surface area is 61.6 Å². The van der Waals surface area contributed by atoms with Crippen molar-refractivity contribution in [1.29, 1.82) is 0 Å². The summed E-state index contributed by atoms with van der Waals surface area (Å²) in [6, 6.07) is 0. The zero-order chi connectivity index (χ0) is 6.69. The van der Waals surface area contributed by atoms with Gasteiger partial charge >= 0.3 is 0 Å². The van der Waals surface area contributed by atoms with Crippen molar-refractivity contribution in [3.05, 3.63) is 0 Å². The molecule has 1 heterocycles. The molecule has 9 heavy (non-hydrogen) atoms. The smallest absolute Gasteiger partial charge is 0.0998 e. The molecule has 0 aromatic heterocycles. The topological polar surface area (TPSA) is 12.5 Å². The van der Waals surface area contributed by atoms with Crippen LogP contribution in [0.1, 0.15) is 13.3 Å². The van der Waals surface area contributed by atoms with E-state index in [1.165, 1.54) is 0 Å². The molecule has 2 nitrogen and oxygen atoms in total. The van der Waals surface area contributed by atoms with E-state index in [9.17, 15) is 0 Å². The third-order valence-electron chi connectivity index (χ3n) is 1.52. The molecule has 0 N–H and O–H groups in total. The summed E-state index contributed by atoms with van der Waals surface area (Å²) in [5.74, 6) is 0. The van der Waals surface area contributed by atoms with Gasteiger partial charge in [-0.15, -0.1) is 0 Å². The molecule has 1 aliphatic rings. The average Bonchev–Trinajstić information content (AvgIpc) is 1.90. The number of nitrogens with zero attached hydrogens (tertiary/aromatic N) is 1. The summed E-state index contributed by atoms with van der Waals surface area (Å²) in [5.41, 5.74) is 0. The Morgan fingerprint density at radius 3 is 2.78 bits per heavy atom. The first-order valence-corrected chi connectivity index (χ1v) is 3.82. The van der Waals surface area contributed by atoms with E-state index in [2.05, 4.69) is 24.5 Å². The summed E-state index contributed by atoms with van der Waals surface area (Å²) >= 11 is 4.29. The first-order chi connectivity index (χ1) is 4.30. The largest absolute Gasteiger partial charge is 0.366 e. The van der Waals surface area contributed by atoms with Gasteiger partial charge in [-0.1, -0.05) is 0 Å². The van der Waals surface area contributed by atoms with E-state index in [1.807, 2.05) is 0 Å². The molecule has 1 rings (SSSR count). The van der Waals surface area contributed by atoms with Crippen molar-refractivity contribution in [2.75, 3.05) is 19.9 Å². The van der Waals surface area contributed by atoms with Gasteiger partial charge in [-0.3, -0.25) is 4.90 Å². The summed E-state index contributed by atoms with van der Waals surface area (Å²) < 4.78 is 5.22. The molecule has 1 aliphatic heterocycles. The molecule has 0 bridgehead atoms. The highest BCUT2D eigenvalue weighted by atomic mass is 32.1. The van der Waals surface area contributed by atoms with Gasteiger partial charge < -0.3 is 4.74 Å². The number of ether oxygens (including phenoxy) is 1. The van der Waals surface area contributed by atoms with Crippen molar-refractivity contribution in [2.24, 2.45) is 0 Å². The lowest BCUT2D eigenvalue weighted by Gasteiger charge is -2.29. The van der Waals surface area contributed by atoms with Crippen LogP contribution in [-0.2, 0) is 4.74 Å². The highest BCUT2D eigenvalue weighted by molar-refractivity contribution is 7.80.